The van der Waals surface area contributed by atoms with Crippen LogP contribution in [0.2, 0.25) is 0 Å². The number of likely N-dealkylation sites (tertiary alicyclic amines) is 1. The summed E-state index contributed by atoms with van der Waals surface area (Å²) >= 11 is 0. The highest BCUT2D eigenvalue weighted by Crippen LogP contribution is 2.27. The minimum absolute atomic E-state index is 0.123. The van der Waals surface area contributed by atoms with Crippen molar-refractivity contribution in [2.45, 2.75) is 39.0 Å². The molecule has 1 aliphatic rings. The lowest BCUT2D eigenvalue weighted by Gasteiger charge is -2.31. The topological polar surface area (TPSA) is 29.3 Å². The third-order valence-electron chi connectivity index (χ3n) is 3.35. The SMILES string of the molecule is CCC.NCCN1CCC(c2cccc(F)c2)CC1. The van der Waals surface area contributed by atoms with Crippen LogP contribution in [0.5, 0.6) is 0 Å². The molecule has 1 fully saturated rings. The van der Waals surface area contributed by atoms with Crippen molar-refractivity contribution in [3.63, 3.8) is 0 Å². The fourth-order valence-electron chi connectivity index (χ4n) is 2.43. The molecule has 1 heterocycles. The highest BCUT2D eigenvalue weighted by Gasteiger charge is 2.19. The summed E-state index contributed by atoms with van der Waals surface area (Å²) in [6, 6.07) is 7.01. The normalized spacial score (nSPS) is 16.8. The van der Waals surface area contributed by atoms with Gasteiger partial charge in [-0.25, -0.2) is 4.39 Å². The summed E-state index contributed by atoms with van der Waals surface area (Å²) in [5, 5.41) is 0. The van der Waals surface area contributed by atoms with E-state index in [1.807, 2.05) is 6.07 Å². The molecular formula is C16H27FN2. The maximum Gasteiger partial charge on any atom is 0.123 e. The van der Waals surface area contributed by atoms with Gasteiger partial charge in [-0.1, -0.05) is 32.4 Å². The molecule has 19 heavy (non-hydrogen) atoms. The molecule has 108 valence electrons. The molecule has 1 aliphatic heterocycles. The molecule has 2 rings (SSSR count). The zero-order valence-corrected chi connectivity index (χ0v) is 12.2. The van der Waals surface area contributed by atoms with Crippen LogP contribution in [0, 0.1) is 5.82 Å². The minimum Gasteiger partial charge on any atom is -0.329 e. The molecule has 1 aromatic carbocycles. The molecule has 0 spiro atoms. The first-order chi connectivity index (χ1) is 9.21. The molecule has 0 unspecified atom stereocenters. The molecule has 0 aromatic heterocycles. The van der Waals surface area contributed by atoms with Crippen molar-refractivity contribution >= 4 is 0 Å². The molecule has 0 radical (unpaired) electrons. The van der Waals surface area contributed by atoms with Crippen molar-refractivity contribution in [3.8, 4) is 0 Å². The van der Waals surface area contributed by atoms with E-state index in [1.165, 1.54) is 12.5 Å². The summed E-state index contributed by atoms with van der Waals surface area (Å²) in [5.41, 5.74) is 6.68. The van der Waals surface area contributed by atoms with Gasteiger partial charge in [0.1, 0.15) is 5.82 Å². The minimum atomic E-state index is -0.123. The van der Waals surface area contributed by atoms with Gasteiger partial charge in [0, 0.05) is 13.1 Å². The first-order valence-electron chi connectivity index (χ1n) is 7.39. The van der Waals surface area contributed by atoms with Crippen molar-refractivity contribution in [3.05, 3.63) is 35.6 Å². The molecule has 0 saturated carbocycles. The Morgan fingerprint density at radius 1 is 1.26 bits per heavy atom. The molecule has 1 aromatic rings. The average molecular weight is 266 g/mol. The smallest absolute Gasteiger partial charge is 0.123 e. The average Bonchev–Trinajstić information content (AvgIpc) is 2.41. The van der Waals surface area contributed by atoms with Gasteiger partial charge in [-0.2, -0.15) is 0 Å². The Morgan fingerprint density at radius 3 is 2.42 bits per heavy atom. The summed E-state index contributed by atoms with van der Waals surface area (Å²) < 4.78 is 13.1. The van der Waals surface area contributed by atoms with Crippen LogP contribution < -0.4 is 5.73 Å². The van der Waals surface area contributed by atoms with E-state index in [4.69, 9.17) is 5.73 Å². The predicted molar refractivity (Wildman–Crippen MR) is 79.8 cm³/mol. The van der Waals surface area contributed by atoms with E-state index in [9.17, 15) is 4.39 Å². The van der Waals surface area contributed by atoms with Gasteiger partial charge in [0.2, 0.25) is 0 Å². The molecule has 0 atom stereocenters. The van der Waals surface area contributed by atoms with Crippen LogP contribution in [0.3, 0.4) is 0 Å². The highest BCUT2D eigenvalue weighted by molar-refractivity contribution is 5.21. The number of nitrogens with two attached hydrogens (primary N) is 1. The Hall–Kier alpha value is -0.930. The number of hydrogen-bond acceptors (Lipinski definition) is 2. The Kier molecular flexibility index (Phi) is 7.68. The van der Waals surface area contributed by atoms with E-state index in [0.717, 1.165) is 44.6 Å². The van der Waals surface area contributed by atoms with Crippen molar-refractivity contribution in [1.82, 2.24) is 4.90 Å². The molecule has 0 amide bonds. The molecule has 2 N–H and O–H groups in total. The summed E-state index contributed by atoms with van der Waals surface area (Å²) in [7, 11) is 0. The van der Waals surface area contributed by atoms with Crippen LogP contribution in [0.1, 0.15) is 44.6 Å². The maximum absolute atomic E-state index is 13.1. The predicted octanol–water partition coefficient (Wildman–Crippen LogP) is 3.38. The summed E-state index contributed by atoms with van der Waals surface area (Å²) in [4.78, 5) is 2.38. The van der Waals surface area contributed by atoms with Crippen molar-refractivity contribution in [2.24, 2.45) is 5.73 Å². The van der Waals surface area contributed by atoms with Crippen LogP contribution in [0.15, 0.2) is 24.3 Å². The van der Waals surface area contributed by atoms with Gasteiger partial charge < -0.3 is 10.6 Å². The van der Waals surface area contributed by atoms with Crippen LogP contribution in [-0.4, -0.2) is 31.1 Å². The van der Waals surface area contributed by atoms with E-state index >= 15 is 0 Å². The van der Waals surface area contributed by atoms with E-state index < -0.39 is 0 Å². The number of benzene rings is 1. The van der Waals surface area contributed by atoms with Crippen molar-refractivity contribution < 1.29 is 4.39 Å². The Labute approximate surface area is 116 Å². The lowest BCUT2D eigenvalue weighted by molar-refractivity contribution is 0.217. The lowest BCUT2D eigenvalue weighted by Crippen LogP contribution is -2.36. The summed E-state index contributed by atoms with van der Waals surface area (Å²) in [6.07, 6.45) is 3.48. The van der Waals surface area contributed by atoms with Gasteiger partial charge >= 0.3 is 0 Å². The molecule has 3 heteroatoms. The Balaban J connectivity index is 0.000000550. The van der Waals surface area contributed by atoms with Crippen LogP contribution >= 0.6 is 0 Å². The second-order valence-corrected chi connectivity index (χ2v) is 5.17. The van der Waals surface area contributed by atoms with Gasteiger partial charge in [0.15, 0.2) is 0 Å². The van der Waals surface area contributed by atoms with E-state index in [-0.39, 0.29) is 5.82 Å². The van der Waals surface area contributed by atoms with Gasteiger partial charge in [0.25, 0.3) is 0 Å². The summed E-state index contributed by atoms with van der Waals surface area (Å²) in [5.74, 6) is 0.395. The second-order valence-electron chi connectivity index (χ2n) is 5.17. The number of piperidine rings is 1. The fourth-order valence-corrected chi connectivity index (χ4v) is 2.43. The van der Waals surface area contributed by atoms with Crippen molar-refractivity contribution in [2.75, 3.05) is 26.2 Å². The molecular weight excluding hydrogens is 239 g/mol. The summed E-state index contributed by atoms with van der Waals surface area (Å²) in [6.45, 7) is 8.12. The number of nitrogens with zero attached hydrogens (tertiary/aromatic N) is 1. The van der Waals surface area contributed by atoms with Crippen LogP contribution in [-0.2, 0) is 0 Å². The zero-order valence-electron chi connectivity index (χ0n) is 12.2. The third-order valence-corrected chi connectivity index (χ3v) is 3.35. The number of halogens is 1. The number of hydrogen-bond donors (Lipinski definition) is 1. The van der Waals surface area contributed by atoms with Gasteiger partial charge in [-0.05, 0) is 49.5 Å². The van der Waals surface area contributed by atoms with Crippen LogP contribution in [0.25, 0.3) is 0 Å². The van der Waals surface area contributed by atoms with Gasteiger partial charge in [0.05, 0.1) is 0 Å². The van der Waals surface area contributed by atoms with E-state index in [2.05, 4.69) is 18.7 Å². The first-order valence-corrected chi connectivity index (χ1v) is 7.39. The Morgan fingerprint density at radius 2 is 1.89 bits per heavy atom. The molecule has 2 nitrogen and oxygen atoms in total. The van der Waals surface area contributed by atoms with E-state index in [1.54, 1.807) is 12.1 Å². The number of rotatable bonds is 3. The molecule has 1 saturated heterocycles. The van der Waals surface area contributed by atoms with E-state index in [0.29, 0.717) is 5.92 Å². The standard InChI is InChI=1S/C13H19FN2.C3H8/c14-13-3-1-2-12(10-13)11-4-7-16(8-5-11)9-6-15;1-3-2/h1-3,10-11H,4-9,15H2;3H2,1-2H3. The fraction of sp³-hybridized carbons (Fsp3) is 0.625. The van der Waals surface area contributed by atoms with Crippen molar-refractivity contribution in [1.29, 1.82) is 0 Å². The largest absolute Gasteiger partial charge is 0.329 e. The maximum atomic E-state index is 13.1. The monoisotopic (exact) mass is 266 g/mol. The quantitative estimate of drug-likeness (QED) is 0.908. The second kappa shape index (κ2) is 9.05. The zero-order chi connectivity index (χ0) is 14.1. The highest BCUT2D eigenvalue weighted by atomic mass is 19.1. The molecule has 0 aliphatic carbocycles. The van der Waals surface area contributed by atoms with Gasteiger partial charge in [-0.15, -0.1) is 0 Å². The first kappa shape index (κ1) is 16.1. The molecule has 0 bridgehead atoms. The third kappa shape index (κ3) is 5.70. The van der Waals surface area contributed by atoms with Gasteiger partial charge in [-0.3, -0.25) is 0 Å². The Bertz CT molecular complexity index is 346. The van der Waals surface area contributed by atoms with Crippen LogP contribution in [0.4, 0.5) is 4.39 Å². The lowest BCUT2D eigenvalue weighted by atomic mass is 9.89.